The molecule has 0 saturated carbocycles. The largest absolute Gasteiger partial charge is 0.379 e. The van der Waals surface area contributed by atoms with E-state index in [4.69, 9.17) is 9.72 Å². The minimum Gasteiger partial charge on any atom is -0.379 e. The quantitative estimate of drug-likeness (QED) is 0.372. The lowest BCUT2D eigenvalue weighted by atomic mass is 10.1. The van der Waals surface area contributed by atoms with E-state index >= 15 is 0 Å². The number of hydrogen-bond acceptors (Lipinski definition) is 5. The number of fused-ring (bicyclic) bond motifs is 3. The van der Waals surface area contributed by atoms with Crippen LogP contribution in [-0.4, -0.2) is 60.8 Å². The first kappa shape index (κ1) is 23.4. The molecular formula is C28H30N6O3. The third-order valence-electron chi connectivity index (χ3n) is 7.13. The van der Waals surface area contributed by atoms with Crippen molar-refractivity contribution < 1.29 is 4.74 Å². The number of ether oxygens (including phenoxy) is 1. The van der Waals surface area contributed by atoms with Gasteiger partial charge in [0.25, 0.3) is 5.56 Å². The molecule has 1 saturated heterocycles. The highest BCUT2D eigenvalue weighted by atomic mass is 16.5. The molecular weight excluding hydrogens is 468 g/mol. The molecule has 2 aromatic carbocycles. The van der Waals surface area contributed by atoms with Crippen molar-refractivity contribution >= 4 is 16.9 Å². The maximum absolute atomic E-state index is 13.8. The zero-order valence-electron chi connectivity index (χ0n) is 21.3. The van der Waals surface area contributed by atoms with Gasteiger partial charge < -0.3 is 4.74 Å². The fourth-order valence-electron chi connectivity index (χ4n) is 5.31. The Kier molecular flexibility index (Phi) is 5.81. The normalized spacial score (nSPS) is 14.7. The standard InChI is InChI=1S/C28H30N6O3/c1-19-15-20(2)17-22(16-19)34-23(21-7-5-4-6-8-21)18-33-24-25(29-27(33)34)30(3)28(36)32(26(24)35)10-9-31-11-13-37-14-12-31/h4-8,15-18H,9-14H2,1-3H3. The van der Waals surface area contributed by atoms with Crippen LogP contribution >= 0.6 is 0 Å². The molecule has 1 fully saturated rings. The molecule has 0 bridgehead atoms. The highest BCUT2D eigenvalue weighted by Gasteiger charge is 2.23. The molecule has 9 nitrogen and oxygen atoms in total. The van der Waals surface area contributed by atoms with Gasteiger partial charge in [0, 0.05) is 50.7 Å². The van der Waals surface area contributed by atoms with Gasteiger partial charge >= 0.3 is 5.69 Å². The van der Waals surface area contributed by atoms with Crippen LogP contribution in [0.3, 0.4) is 0 Å². The van der Waals surface area contributed by atoms with Gasteiger partial charge in [0.05, 0.1) is 18.9 Å². The second-order valence-electron chi connectivity index (χ2n) is 9.77. The number of aryl methyl sites for hydroxylation is 3. The van der Waals surface area contributed by atoms with E-state index in [-0.39, 0.29) is 11.2 Å². The molecule has 6 rings (SSSR count). The molecule has 1 aliphatic rings. The van der Waals surface area contributed by atoms with Crippen molar-refractivity contribution in [1.29, 1.82) is 0 Å². The zero-order chi connectivity index (χ0) is 25.7. The van der Waals surface area contributed by atoms with E-state index in [1.165, 1.54) is 9.13 Å². The SMILES string of the molecule is Cc1cc(C)cc(-n2c(-c3ccccc3)cn3c4c(=O)n(CCN5CCOCC5)c(=O)n(C)c4nc23)c1. The van der Waals surface area contributed by atoms with E-state index in [0.29, 0.717) is 43.2 Å². The second-order valence-corrected chi connectivity index (χ2v) is 9.77. The van der Waals surface area contributed by atoms with Crippen LogP contribution < -0.4 is 11.2 Å². The van der Waals surface area contributed by atoms with Crippen molar-refractivity contribution in [3.63, 3.8) is 0 Å². The molecule has 0 unspecified atom stereocenters. The lowest BCUT2D eigenvalue weighted by Crippen LogP contribution is -2.44. The average molecular weight is 499 g/mol. The van der Waals surface area contributed by atoms with Crippen molar-refractivity contribution in [3.05, 3.63) is 86.7 Å². The summed E-state index contributed by atoms with van der Waals surface area (Å²) < 4.78 is 12.1. The summed E-state index contributed by atoms with van der Waals surface area (Å²) in [6.45, 7) is 8.01. The van der Waals surface area contributed by atoms with Crippen molar-refractivity contribution in [1.82, 2.24) is 28.0 Å². The van der Waals surface area contributed by atoms with E-state index in [2.05, 4.69) is 41.5 Å². The van der Waals surface area contributed by atoms with E-state index in [1.807, 2.05) is 40.9 Å². The van der Waals surface area contributed by atoms with Gasteiger partial charge in [-0.05, 0) is 37.1 Å². The molecule has 190 valence electrons. The first-order valence-corrected chi connectivity index (χ1v) is 12.6. The van der Waals surface area contributed by atoms with Gasteiger partial charge in [0.15, 0.2) is 11.2 Å². The van der Waals surface area contributed by atoms with Gasteiger partial charge in [0.2, 0.25) is 5.78 Å². The van der Waals surface area contributed by atoms with Gasteiger partial charge in [-0.15, -0.1) is 0 Å². The molecule has 1 aliphatic heterocycles. The Hall–Kier alpha value is -3.95. The summed E-state index contributed by atoms with van der Waals surface area (Å²) in [5.41, 5.74) is 5.26. The summed E-state index contributed by atoms with van der Waals surface area (Å²) in [7, 11) is 1.68. The van der Waals surface area contributed by atoms with Crippen LogP contribution in [0.5, 0.6) is 0 Å². The Morgan fingerprint density at radius 2 is 1.65 bits per heavy atom. The van der Waals surface area contributed by atoms with E-state index in [0.717, 1.165) is 41.2 Å². The number of aromatic nitrogens is 5. The van der Waals surface area contributed by atoms with Crippen molar-refractivity contribution in [2.24, 2.45) is 7.05 Å². The van der Waals surface area contributed by atoms with Crippen LogP contribution in [0.1, 0.15) is 11.1 Å². The van der Waals surface area contributed by atoms with Crippen molar-refractivity contribution in [2.45, 2.75) is 20.4 Å². The van der Waals surface area contributed by atoms with Crippen LogP contribution in [-0.2, 0) is 18.3 Å². The lowest BCUT2D eigenvalue weighted by Gasteiger charge is -2.26. The van der Waals surface area contributed by atoms with Crippen molar-refractivity contribution in [3.8, 4) is 16.9 Å². The maximum Gasteiger partial charge on any atom is 0.332 e. The third kappa shape index (κ3) is 4.00. The van der Waals surface area contributed by atoms with Gasteiger partial charge in [-0.1, -0.05) is 36.4 Å². The van der Waals surface area contributed by atoms with Gasteiger partial charge in [-0.2, -0.15) is 4.98 Å². The molecule has 9 heteroatoms. The Morgan fingerprint density at radius 3 is 2.35 bits per heavy atom. The molecule has 37 heavy (non-hydrogen) atoms. The number of nitrogens with zero attached hydrogens (tertiary/aromatic N) is 6. The number of morpholine rings is 1. The van der Waals surface area contributed by atoms with Gasteiger partial charge in [-0.3, -0.25) is 27.8 Å². The van der Waals surface area contributed by atoms with Crippen LogP contribution in [0.2, 0.25) is 0 Å². The molecule has 5 aromatic rings. The monoisotopic (exact) mass is 498 g/mol. The fraction of sp³-hybridized carbons (Fsp3) is 0.321. The second kappa shape index (κ2) is 9.17. The maximum atomic E-state index is 13.8. The Labute approximate surface area is 213 Å². The lowest BCUT2D eigenvalue weighted by molar-refractivity contribution is 0.0361. The average Bonchev–Trinajstić information content (AvgIpc) is 3.44. The van der Waals surface area contributed by atoms with E-state index < -0.39 is 0 Å². The minimum atomic E-state index is -0.354. The molecule has 3 aromatic heterocycles. The van der Waals surface area contributed by atoms with Gasteiger partial charge in [0.1, 0.15) is 0 Å². The summed E-state index contributed by atoms with van der Waals surface area (Å²) in [4.78, 5) is 34.1. The van der Waals surface area contributed by atoms with E-state index in [1.54, 1.807) is 7.05 Å². The number of rotatable bonds is 5. The first-order chi connectivity index (χ1) is 17.9. The smallest absolute Gasteiger partial charge is 0.332 e. The Bertz CT molecular complexity index is 1720. The predicted molar refractivity (Wildman–Crippen MR) is 144 cm³/mol. The number of benzene rings is 2. The summed E-state index contributed by atoms with van der Waals surface area (Å²) in [6.07, 6.45) is 1.95. The van der Waals surface area contributed by atoms with E-state index in [9.17, 15) is 9.59 Å². The van der Waals surface area contributed by atoms with Crippen molar-refractivity contribution in [2.75, 3.05) is 32.8 Å². The zero-order valence-corrected chi connectivity index (χ0v) is 21.3. The predicted octanol–water partition coefficient (Wildman–Crippen LogP) is 2.75. The highest BCUT2D eigenvalue weighted by Crippen LogP contribution is 2.29. The summed E-state index contributed by atoms with van der Waals surface area (Å²) >= 11 is 0. The summed E-state index contributed by atoms with van der Waals surface area (Å²) in [6, 6.07) is 16.4. The molecule has 0 aliphatic carbocycles. The van der Waals surface area contributed by atoms with Crippen LogP contribution in [0.15, 0.2) is 64.3 Å². The molecule has 4 heterocycles. The molecule has 0 N–H and O–H groups in total. The Morgan fingerprint density at radius 1 is 0.946 bits per heavy atom. The first-order valence-electron chi connectivity index (χ1n) is 12.6. The summed E-state index contributed by atoms with van der Waals surface area (Å²) in [5.74, 6) is 0.594. The molecule has 0 radical (unpaired) electrons. The van der Waals surface area contributed by atoms with Crippen LogP contribution in [0.25, 0.3) is 33.9 Å². The number of imidazole rings is 2. The molecule has 0 spiro atoms. The Balaban J connectivity index is 1.59. The number of hydrogen-bond donors (Lipinski definition) is 0. The summed E-state index contributed by atoms with van der Waals surface area (Å²) in [5, 5.41) is 0. The topological polar surface area (TPSA) is 78.7 Å². The van der Waals surface area contributed by atoms with Crippen LogP contribution in [0.4, 0.5) is 0 Å². The van der Waals surface area contributed by atoms with Crippen LogP contribution in [0, 0.1) is 13.8 Å². The third-order valence-corrected chi connectivity index (χ3v) is 7.13. The molecule has 0 amide bonds. The fourth-order valence-corrected chi connectivity index (χ4v) is 5.31. The highest BCUT2D eigenvalue weighted by molar-refractivity contribution is 5.79. The molecule has 0 atom stereocenters. The minimum absolute atomic E-state index is 0.317. The van der Waals surface area contributed by atoms with Gasteiger partial charge in [-0.25, -0.2) is 4.79 Å².